The fourth-order valence-electron chi connectivity index (χ4n) is 8.67. The van der Waals surface area contributed by atoms with Crippen molar-refractivity contribution < 1.29 is 9.47 Å². The second-order valence-corrected chi connectivity index (χ2v) is 14.1. The van der Waals surface area contributed by atoms with E-state index in [0.717, 1.165) is 56.2 Å². The van der Waals surface area contributed by atoms with Crippen molar-refractivity contribution in [3.8, 4) is 11.8 Å². The van der Waals surface area contributed by atoms with Gasteiger partial charge in [-0.15, -0.1) is 16.8 Å². The van der Waals surface area contributed by atoms with Crippen LogP contribution < -0.4 is 9.47 Å². The minimum atomic E-state index is -0.246. The quantitative estimate of drug-likeness (QED) is 0.127. The van der Waals surface area contributed by atoms with Gasteiger partial charge >= 0.3 is 0 Å². The fourth-order valence-corrected chi connectivity index (χ4v) is 8.67. The standard InChI is InChI=1S/C45H48N4O2/c1-3-29-49-31-14-12-28-41(49)43(37-26-16-20-33-18-6-8-22-35(33)37)51-45-39-24-10-9-23-38(39)44(46-47-45)50-42(40-27-11-13-30-48(40)4-2)36-25-15-19-32-17-5-7-21-34(32)36/h3,5-10,15-26,40-43H,1,4,11-14,27-31H2,2H3/t40-,41-,42+,43+/m1/s1. The van der Waals surface area contributed by atoms with Crippen molar-refractivity contribution in [3.63, 3.8) is 0 Å². The Hall–Kier alpha value is -4.78. The third kappa shape index (κ3) is 6.71. The molecule has 2 aliphatic rings. The number of aromatic nitrogens is 2. The summed E-state index contributed by atoms with van der Waals surface area (Å²) in [6.07, 6.45) is 8.40. The smallest absolute Gasteiger partial charge is 0.242 e. The molecule has 6 nitrogen and oxygen atoms in total. The van der Waals surface area contributed by atoms with Crippen molar-refractivity contribution in [2.45, 2.75) is 69.7 Å². The molecule has 0 radical (unpaired) electrons. The Kier molecular flexibility index (Phi) is 9.96. The van der Waals surface area contributed by atoms with Crippen LogP contribution in [-0.2, 0) is 0 Å². The lowest BCUT2D eigenvalue weighted by Crippen LogP contribution is -2.45. The highest BCUT2D eigenvalue weighted by Crippen LogP contribution is 2.41. The van der Waals surface area contributed by atoms with Crippen LogP contribution in [0.1, 0.15) is 68.8 Å². The molecule has 0 aliphatic carbocycles. The van der Waals surface area contributed by atoms with E-state index in [0.29, 0.717) is 11.8 Å². The van der Waals surface area contributed by atoms with Crippen molar-refractivity contribution in [2.75, 3.05) is 26.2 Å². The molecule has 260 valence electrons. The molecule has 6 heteroatoms. The van der Waals surface area contributed by atoms with Crippen molar-refractivity contribution in [2.24, 2.45) is 0 Å². The van der Waals surface area contributed by atoms with Crippen molar-refractivity contribution in [1.82, 2.24) is 20.0 Å². The predicted molar refractivity (Wildman–Crippen MR) is 208 cm³/mol. The lowest BCUT2D eigenvalue weighted by atomic mass is 9.90. The van der Waals surface area contributed by atoms with Gasteiger partial charge in [0.15, 0.2) is 0 Å². The van der Waals surface area contributed by atoms with E-state index >= 15 is 0 Å². The van der Waals surface area contributed by atoms with E-state index in [1.165, 1.54) is 51.9 Å². The maximum Gasteiger partial charge on any atom is 0.242 e. The Morgan fingerprint density at radius 3 is 1.57 bits per heavy atom. The van der Waals surface area contributed by atoms with Crippen LogP contribution in [0.4, 0.5) is 0 Å². The van der Waals surface area contributed by atoms with Gasteiger partial charge < -0.3 is 9.47 Å². The highest BCUT2D eigenvalue weighted by molar-refractivity contribution is 5.91. The maximum atomic E-state index is 7.18. The Morgan fingerprint density at radius 2 is 1.06 bits per heavy atom. The van der Waals surface area contributed by atoms with Crippen LogP contribution in [0.2, 0.25) is 0 Å². The Morgan fingerprint density at radius 1 is 0.608 bits per heavy atom. The molecule has 0 spiro atoms. The summed E-state index contributed by atoms with van der Waals surface area (Å²) < 4.78 is 14.3. The van der Waals surface area contributed by atoms with Crippen LogP contribution in [0.15, 0.2) is 122 Å². The summed E-state index contributed by atoms with van der Waals surface area (Å²) in [6.45, 7) is 10.2. The second kappa shape index (κ2) is 15.2. The second-order valence-electron chi connectivity index (χ2n) is 14.1. The first-order valence-corrected chi connectivity index (χ1v) is 18.9. The predicted octanol–water partition coefficient (Wildman–Crippen LogP) is 10.1. The number of hydrogen-bond donors (Lipinski definition) is 0. The highest BCUT2D eigenvalue weighted by Gasteiger charge is 2.36. The summed E-state index contributed by atoms with van der Waals surface area (Å²) in [6, 6.07) is 39.1. The number of hydrogen-bond acceptors (Lipinski definition) is 6. The van der Waals surface area contributed by atoms with Crippen LogP contribution in [0, 0.1) is 0 Å². The van der Waals surface area contributed by atoms with Gasteiger partial charge in [0, 0.05) is 17.7 Å². The molecule has 2 saturated heterocycles. The van der Waals surface area contributed by atoms with E-state index in [2.05, 4.69) is 132 Å². The van der Waals surface area contributed by atoms with Crippen LogP contribution >= 0.6 is 0 Å². The van der Waals surface area contributed by atoms with E-state index < -0.39 is 0 Å². The summed E-state index contributed by atoms with van der Waals surface area (Å²) in [5, 5.41) is 16.4. The average Bonchev–Trinajstić information content (AvgIpc) is 3.19. The summed E-state index contributed by atoms with van der Waals surface area (Å²) in [5.41, 5.74) is 2.37. The normalized spacial score (nSPS) is 19.9. The molecule has 0 unspecified atom stereocenters. The lowest BCUT2D eigenvalue weighted by Gasteiger charge is -2.40. The van der Waals surface area contributed by atoms with Gasteiger partial charge in [0.2, 0.25) is 11.8 Å². The molecule has 51 heavy (non-hydrogen) atoms. The third-order valence-electron chi connectivity index (χ3n) is 11.2. The summed E-state index contributed by atoms with van der Waals surface area (Å²) in [5.74, 6) is 1.08. The first-order valence-electron chi connectivity index (χ1n) is 18.9. The number of likely N-dealkylation sites (tertiary alicyclic amines) is 2. The van der Waals surface area contributed by atoms with Crippen molar-refractivity contribution in [3.05, 3.63) is 133 Å². The van der Waals surface area contributed by atoms with Gasteiger partial charge in [-0.3, -0.25) is 9.80 Å². The molecular formula is C45H48N4O2. The molecule has 0 saturated carbocycles. The molecule has 2 aliphatic heterocycles. The molecule has 0 bridgehead atoms. The molecule has 0 amide bonds. The minimum Gasteiger partial charge on any atom is -0.466 e. The number of piperidine rings is 2. The number of fused-ring (bicyclic) bond motifs is 3. The zero-order chi connectivity index (χ0) is 34.6. The van der Waals surface area contributed by atoms with E-state index in [-0.39, 0.29) is 24.3 Å². The zero-order valence-corrected chi connectivity index (χ0v) is 29.7. The van der Waals surface area contributed by atoms with Gasteiger partial charge in [0.05, 0.1) is 22.9 Å². The molecule has 3 heterocycles. The number of ether oxygens (including phenoxy) is 2. The lowest BCUT2D eigenvalue weighted by molar-refractivity contribution is 0.0398. The molecule has 1 aromatic heterocycles. The van der Waals surface area contributed by atoms with Gasteiger partial charge in [-0.25, -0.2) is 0 Å². The van der Waals surface area contributed by atoms with E-state index in [4.69, 9.17) is 19.7 Å². The number of benzene rings is 5. The average molecular weight is 677 g/mol. The first-order chi connectivity index (χ1) is 25.2. The fraction of sp³-hybridized carbons (Fsp3) is 0.333. The monoisotopic (exact) mass is 676 g/mol. The molecule has 5 aromatic carbocycles. The van der Waals surface area contributed by atoms with E-state index in [9.17, 15) is 0 Å². The first kappa shape index (κ1) is 33.4. The van der Waals surface area contributed by atoms with Gasteiger partial charge in [-0.1, -0.05) is 123 Å². The minimum absolute atomic E-state index is 0.168. The van der Waals surface area contributed by atoms with E-state index in [1.807, 2.05) is 6.08 Å². The summed E-state index contributed by atoms with van der Waals surface area (Å²) in [4.78, 5) is 5.10. The van der Waals surface area contributed by atoms with Crippen molar-refractivity contribution >= 4 is 32.3 Å². The topological polar surface area (TPSA) is 50.7 Å². The third-order valence-corrected chi connectivity index (χ3v) is 11.2. The number of likely N-dealkylation sites (N-methyl/N-ethyl adjacent to an activating group) is 1. The molecule has 0 N–H and O–H groups in total. The molecular weight excluding hydrogens is 629 g/mol. The highest BCUT2D eigenvalue weighted by atomic mass is 16.5. The number of rotatable bonds is 11. The van der Waals surface area contributed by atoms with Gasteiger partial charge in [0.1, 0.15) is 12.2 Å². The summed E-state index contributed by atoms with van der Waals surface area (Å²) in [7, 11) is 0. The number of nitrogens with zero attached hydrogens (tertiary/aromatic N) is 4. The van der Waals surface area contributed by atoms with Crippen LogP contribution in [0.5, 0.6) is 11.8 Å². The Balaban J connectivity index is 1.22. The molecule has 2 fully saturated rings. The maximum absolute atomic E-state index is 7.18. The Bertz CT molecular complexity index is 2120. The molecule has 4 atom stereocenters. The van der Waals surface area contributed by atoms with Crippen LogP contribution in [0.25, 0.3) is 32.3 Å². The molecule has 8 rings (SSSR count). The van der Waals surface area contributed by atoms with Gasteiger partial charge in [-0.2, -0.15) is 0 Å². The SMILES string of the molecule is C=CCN1CCCC[C@@H]1[C@@H](Oc1nnc(O[C@@H](c2cccc3ccccc23)[C@H]2CCCCN2CC)c2ccccc12)c1cccc2ccccc12. The van der Waals surface area contributed by atoms with Crippen LogP contribution in [0.3, 0.4) is 0 Å². The summed E-state index contributed by atoms with van der Waals surface area (Å²) >= 11 is 0. The van der Waals surface area contributed by atoms with Crippen LogP contribution in [-0.4, -0.2) is 58.3 Å². The zero-order valence-electron chi connectivity index (χ0n) is 29.7. The van der Waals surface area contributed by atoms with Gasteiger partial charge in [-0.05, 0) is 79.0 Å². The Labute approximate surface area is 301 Å². The largest absolute Gasteiger partial charge is 0.466 e. The van der Waals surface area contributed by atoms with Gasteiger partial charge in [0.25, 0.3) is 0 Å². The van der Waals surface area contributed by atoms with Crippen molar-refractivity contribution in [1.29, 1.82) is 0 Å². The molecule has 6 aromatic rings. The van der Waals surface area contributed by atoms with E-state index in [1.54, 1.807) is 0 Å².